The summed E-state index contributed by atoms with van der Waals surface area (Å²) in [5, 5.41) is 6.67. The normalized spacial score (nSPS) is 20.4. The second kappa shape index (κ2) is 11.7. The standard InChI is InChI=1S/C19H31FN4O2.HI/c1-13(24-8-9-26-12-14(24)2)11-22-19(21-4)23-15(3)16-6-7-18(25-5)17(20)10-16;/h6-7,10,13-15H,8-9,11-12H2,1-5H3,(H2,21,22,23);1H. The Bertz CT molecular complexity index is 617. The van der Waals surface area contributed by atoms with E-state index in [0.717, 1.165) is 31.9 Å². The number of morpholine rings is 1. The number of guanidine groups is 1. The van der Waals surface area contributed by atoms with Gasteiger partial charge in [0.25, 0.3) is 0 Å². The molecule has 27 heavy (non-hydrogen) atoms. The van der Waals surface area contributed by atoms with Gasteiger partial charge in [0.2, 0.25) is 0 Å². The van der Waals surface area contributed by atoms with Gasteiger partial charge >= 0.3 is 0 Å². The van der Waals surface area contributed by atoms with E-state index < -0.39 is 0 Å². The SMILES string of the molecule is CN=C(NCC(C)N1CCOCC1C)NC(C)c1ccc(OC)c(F)c1.I. The summed E-state index contributed by atoms with van der Waals surface area (Å²) in [5.41, 5.74) is 0.834. The molecule has 1 aromatic carbocycles. The van der Waals surface area contributed by atoms with E-state index in [2.05, 4.69) is 34.4 Å². The van der Waals surface area contributed by atoms with Crippen LogP contribution in [-0.4, -0.2) is 63.4 Å². The summed E-state index contributed by atoms with van der Waals surface area (Å²) in [6.45, 7) is 9.62. The molecule has 1 saturated heterocycles. The van der Waals surface area contributed by atoms with Gasteiger partial charge in [-0.1, -0.05) is 6.07 Å². The molecule has 6 nitrogen and oxygen atoms in total. The molecule has 1 aliphatic heterocycles. The highest BCUT2D eigenvalue weighted by Crippen LogP contribution is 2.21. The first-order valence-electron chi connectivity index (χ1n) is 9.10. The number of benzene rings is 1. The number of halogens is 2. The lowest BCUT2D eigenvalue weighted by molar-refractivity contribution is -0.0174. The van der Waals surface area contributed by atoms with Crippen LogP contribution in [0.4, 0.5) is 4.39 Å². The van der Waals surface area contributed by atoms with Crippen LogP contribution in [-0.2, 0) is 4.74 Å². The van der Waals surface area contributed by atoms with E-state index >= 15 is 0 Å². The Labute approximate surface area is 178 Å². The molecule has 1 heterocycles. The highest BCUT2D eigenvalue weighted by Gasteiger charge is 2.23. The van der Waals surface area contributed by atoms with Crippen molar-refractivity contribution in [2.75, 3.05) is 40.5 Å². The molecule has 3 atom stereocenters. The molecule has 3 unspecified atom stereocenters. The summed E-state index contributed by atoms with van der Waals surface area (Å²) < 4.78 is 24.4. The maximum atomic E-state index is 13.9. The fourth-order valence-electron chi connectivity index (χ4n) is 3.19. The van der Waals surface area contributed by atoms with Gasteiger partial charge < -0.3 is 20.1 Å². The number of rotatable bonds is 6. The molecule has 154 valence electrons. The molecule has 1 aliphatic rings. The number of hydrogen-bond acceptors (Lipinski definition) is 4. The number of hydrogen-bond donors (Lipinski definition) is 2. The van der Waals surface area contributed by atoms with Crippen LogP contribution in [0.15, 0.2) is 23.2 Å². The first-order valence-corrected chi connectivity index (χ1v) is 9.10. The van der Waals surface area contributed by atoms with E-state index in [1.165, 1.54) is 13.2 Å². The summed E-state index contributed by atoms with van der Waals surface area (Å²) in [4.78, 5) is 6.72. The van der Waals surface area contributed by atoms with E-state index in [1.807, 2.05) is 13.0 Å². The minimum atomic E-state index is -0.364. The van der Waals surface area contributed by atoms with Gasteiger partial charge in [0.1, 0.15) is 0 Å². The van der Waals surface area contributed by atoms with Crippen LogP contribution in [0.3, 0.4) is 0 Å². The zero-order chi connectivity index (χ0) is 19.1. The maximum Gasteiger partial charge on any atom is 0.191 e. The van der Waals surface area contributed by atoms with Crippen molar-refractivity contribution in [3.63, 3.8) is 0 Å². The molecule has 1 aromatic rings. The molecule has 0 bridgehead atoms. The predicted octanol–water partition coefficient (Wildman–Crippen LogP) is 2.79. The number of methoxy groups -OCH3 is 1. The average molecular weight is 494 g/mol. The van der Waals surface area contributed by atoms with E-state index in [4.69, 9.17) is 9.47 Å². The van der Waals surface area contributed by atoms with Crippen molar-refractivity contribution < 1.29 is 13.9 Å². The quantitative estimate of drug-likeness (QED) is 0.362. The first kappa shape index (κ1) is 23.9. The molecule has 0 aliphatic carbocycles. The van der Waals surface area contributed by atoms with Crippen molar-refractivity contribution in [3.05, 3.63) is 29.6 Å². The van der Waals surface area contributed by atoms with Crippen molar-refractivity contribution in [2.24, 2.45) is 4.99 Å². The molecule has 2 rings (SSSR count). The monoisotopic (exact) mass is 494 g/mol. The van der Waals surface area contributed by atoms with Crippen molar-refractivity contribution >= 4 is 29.9 Å². The summed E-state index contributed by atoms with van der Waals surface area (Å²) >= 11 is 0. The predicted molar refractivity (Wildman–Crippen MR) is 118 cm³/mol. The molecule has 0 amide bonds. The topological polar surface area (TPSA) is 58.1 Å². The van der Waals surface area contributed by atoms with Gasteiger partial charge in [-0.2, -0.15) is 0 Å². The van der Waals surface area contributed by atoms with E-state index in [1.54, 1.807) is 13.1 Å². The number of nitrogens with zero attached hydrogens (tertiary/aromatic N) is 2. The molecule has 0 saturated carbocycles. The van der Waals surface area contributed by atoms with Gasteiger partial charge in [-0.05, 0) is 38.5 Å². The second-order valence-electron chi connectivity index (χ2n) is 6.72. The van der Waals surface area contributed by atoms with Crippen molar-refractivity contribution in [2.45, 2.75) is 38.9 Å². The van der Waals surface area contributed by atoms with Gasteiger partial charge in [-0.3, -0.25) is 9.89 Å². The minimum Gasteiger partial charge on any atom is -0.494 e. The molecule has 0 spiro atoms. The van der Waals surface area contributed by atoms with Crippen LogP contribution in [0.25, 0.3) is 0 Å². The Balaban J connectivity index is 0.00000364. The lowest BCUT2D eigenvalue weighted by atomic mass is 10.1. The fraction of sp³-hybridized carbons (Fsp3) is 0.632. The highest BCUT2D eigenvalue weighted by atomic mass is 127. The third kappa shape index (κ3) is 6.76. The number of ether oxygens (including phenoxy) is 2. The van der Waals surface area contributed by atoms with E-state index in [0.29, 0.717) is 18.0 Å². The molecule has 1 fully saturated rings. The molecule has 0 aromatic heterocycles. The molecule has 8 heteroatoms. The van der Waals surface area contributed by atoms with Crippen LogP contribution in [0.2, 0.25) is 0 Å². The summed E-state index contributed by atoms with van der Waals surface area (Å²) in [7, 11) is 3.20. The minimum absolute atomic E-state index is 0. The van der Waals surface area contributed by atoms with E-state index in [9.17, 15) is 4.39 Å². The van der Waals surface area contributed by atoms with Crippen molar-refractivity contribution in [3.8, 4) is 5.75 Å². The molecular formula is C19H32FIN4O2. The highest BCUT2D eigenvalue weighted by molar-refractivity contribution is 14.0. The van der Waals surface area contributed by atoms with E-state index in [-0.39, 0.29) is 41.6 Å². The Morgan fingerprint density at radius 1 is 1.44 bits per heavy atom. The third-order valence-corrected chi connectivity index (χ3v) is 4.80. The Kier molecular flexibility index (Phi) is 10.3. The number of aliphatic imine (C=N–C) groups is 1. The van der Waals surface area contributed by atoms with Crippen molar-refractivity contribution in [1.29, 1.82) is 0 Å². The molecule has 2 N–H and O–H groups in total. The van der Waals surface area contributed by atoms with Crippen LogP contribution < -0.4 is 15.4 Å². The maximum absolute atomic E-state index is 13.9. The summed E-state index contributed by atoms with van der Waals surface area (Å²) in [6.07, 6.45) is 0. The van der Waals surface area contributed by atoms with Crippen LogP contribution >= 0.6 is 24.0 Å². The van der Waals surface area contributed by atoms with Crippen LogP contribution in [0.1, 0.15) is 32.4 Å². The van der Waals surface area contributed by atoms with Gasteiger partial charge in [0.15, 0.2) is 17.5 Å². The Hall–Kier alpha value is -1.13. The van der Waals surface area contributed by atoms with Crippen LogP contribution in [0.5, 0.6) is 5.75 Å². The molecule has 0 radical (unpaired) electrons. The average Bonchev–Trinajstić information content (AvgIpc) is 2.64. The zero-order valence-electron chi connectivity index (χ0n) is 16.8. The van der Waals surface area contributed by atoms with Crippen molar-refractivity contribution in [1.82, 2.24) is 15.5 Å². The first-order chi connectivity index (χ1) is 12.5. The fourth-order valence-corrected chi connectivity index (χ4v) is 3.19. The number of nitrogens with one attached hydrogen (secondary N) is 2. The van der Waals surface area contributed by atoms with Gasteiger partial charge in [-0.25, -0.2) is 4.39 Å². The van der Waals surface area contributed by atoms with Crippen LogP contribution in [0, 0.1) is 5.82 Å². The van der Waals surface area contributed by atoms with Gasteiger partial charge in [0, 0.05) is 32.2 Å². The lowest BCUT2D eigenvalue weighted by Crippen LogP contribution is -2.53. The smallest absolute Gasteiger partial charge is 0.191 e. The summed E-state index contributed by atoms with van der Waals surface area (Å²) in [5.74, 6) is 0.579. The van der Waals surface area contributed by atoms with Gasteiger partial charge in [0.05, 0.1) is 26.4 Å². The van der Waals surface area contributed by atoms with Gasteiger partial charge in [-0.15, -0.1) is 24.0 Å². The lowest BCUT2D eigenvalue weighted by Gasteiger charge is -2.38. The Morgan fingerprint density at radius 3 is 2.78 bits per heavy atom. The molecular weight excluding hydrogens is 462 g/mol. The third-order valence-electron chi connectivity index (χ3n) is 4.80. The zero-order valence-corrected chi connectivity index (χ0v) is 19.1. The Morgan fingerprint density at radius 2 is 2.19 bits per heavy atom. The largest absolute Gasteiger partial charge is 0.494 e. The summed E-state index contributed by atoms with van der Waals surface area (Å²) in [6, 6.07) is 5.67. The second-order valence-corrected chi connectivity index (χ2v) is 6.72.